The highest BCUT2D eigenvalue weighted by atomic mass is 35.5. The van der Waals surface area contributed by atoms with Gasteiger partial charge in [-0.25, -0.2) is 9.59 Å². The maximum atomic E-state index is 14.6. The van der Waals surface area contributed by atoms with Crippen molar-refractivity contribution in [3.05, 3.63) is 86.4 Å². The van der Waals surface area contributed by atoms with Crippen LogP contribution in [0.15, 0.2) is 48.5 Å². The summed E-state index contributed by atoms with van der Waals surface area (Å²) in [5.41, 5.74) is 7.55. The molecule has 1 aliphatic rings. The van der Waals surface area contributed by atoms with Crippen LogP contribution in [0.3, 0.4) is 0 Å². The predicted octanol–water partition coefficient (Wildman–Crippen LogP) is 7.13. The number of hydrogen-bond acceptors (Lipinski definition) is 6. The van der Waals surface area contributed by atoms with Gasteiger partial charge >= 0.3 is 12.1 Å². The summed E-state index contributed by atoms with van der Waals surface area (Å²) in [7, 11) is 1.44. The van der Waals surface area contributed by atoms with E-state index in [4.69, 9.17) is 38.4 Å². The van der Waals surface area contributed by atoms with Gasteiger partial charge in [0, 0.05) is 33.3 Å². The van der Waals surface area contributed by atoms with Crippen LogP contribution in [0.5, 0.6) is 5.75 Å². The number of methoxy groups -OCH3 is 1. The maximum absolute atomic E-state index is 14.6. The van der Waals surface area contributed by atoms with Gasteiger partial charge in [0.2, 0.25) is 0 Å². The maximum Gasteiger partial charge on any atom is 0.407 e. The first-order valence-corrected chi connectivity index (χ1v) is 15.0. The molecule has 44 heavy (non-hydrogen) atoms. The number of carboxylic acid groups (broad SMARTS) is 1. The number of carbonyl (C=O) groups excluding carboxylic acids is 2. The molecule has 234 valence electrons. The van der Waals surface area contributed by atoms with E-state index in [1.165, 1.54) is 12.0 Å². The number of aromatic carboxylic acids is 1. The number of carbonyl (C=O) groups is 3. The van der Waals surface area contributed by atoms with Gasteiger partial charge in [-0.15, -0.1) is 0 Å². The number of aryl methyl sites for hydroxylation is 1. The third kappa shape index (κ3) is 6.50. The Morgan fingerprint density at radius 2 is 1.75 bits per heavy atom. The number of rotatable bonds is 10. The number of nitrogens with one attached hydrogen (secondary N) is 1. The first-order valence-electron chi connectivity index (χ1n) is 14.3. The number of nitrogens with zero attached hydrogens (tertiary/aromatic N) is 1. The van der Waals surface area contributed by atoms with Gasteiger partial charge in [-0.2, -0.15) is 0 Å². The lowest BCUT2D eigenvalue weighted by Gasteiger charge is -2.29. The van der Waals surface area contributed by atoms with Crippen LogP contribution in [0, 0.1) is 6.92 Å². The fourth-order valence-electron chi connectivity index (χ4n) is 5.51. The van der Waals surface area contributed by atoms with E-state index in [-0.39, 0.29) is 11.3 Å². The molecule has 0 fully saturated rings. The third-order valence-corrected chi connectivity index (χ3v) is 8.06. The summed E-state index contributed by atoms with van der Waals surface area (Å²) < 4.78 is 11.1. The Morgan fingerprint density at radius 3 is 2.39 bits per heavy atom. The number of nitrogens with two attached hydrogens (primary N) is 1. The molecule has 2 amide bonds. The summed E-state index contributed by atoms with van der Waals surface area (Å²) in [6, 6.07) is 13.5. The molecule has 0 spiro atoms. The zero-order chi connectivity index (χ0) is 32.4. The molecule has 0 aliphatic carbocycles. The van der Waals surface area contributed by atoms with Crippen LogP contribution in [-0.2, 0) is 21.5 Å². The first-order chi connectivity index (χ1) is 20.7. The number of hydrogen-bond donors (Lipinski definition) is 3. The summed E-state index contributed by atoms with van der Waals surface area (Å²) in [6.07, 6.45) is 1.97. The Bertz CT molecular complexity index is 1600. The van der Waals surface area contributed by atoms with Gasteiger partial charge in [0.15, 0.2) is 5.54 Å². The van der Waals surface area contributed by atoms with Crippen LogP contribution >= 0.6 is 23.2 Å². The molecule has 0 saturated carbocycles. The number of amides is 2. The van der Waals surface area contributed by atoms with E-state index >= 15 is 0 Å². The zero-order valence-corrected chi connectivity index (χ0v) is 26.9. The molecule has 4 rings (SSSR count). The smallest absolute Gasteiger partial charge is 0.407 e. The van der Waals surface area contributed by atoms with E-state index < -0.39 is 29.1 Å². The topological polar surface area (TPSA) is 131 Å². The van der Waals surface area contributed by atoms with E-state index in [0.29, 0.717) is 75.9 Å². The number of benzene rings is 3. The first kappa shape index (κ1) is 33.1. The van der Waals surface area contributed by atoms with Crippen molar-refractivity contribution in [1.82, 2.24) is 5.32 Å². The standard InChI is InChI=1S/C33H37Cl2N3O6/c1-19-22(29(39)40)17-20(11-7-6-10-16-37-31(42)44-32(2,3)4)27(28(19)43-5)38-26-15-14-21(34)18-24(26)33(36,30(38)41)23-12-8-9-13-25(23)35/h8-9,12-15,17-18H,6-7,10-11,16,36H2,1-5H3,(H,37,42)(H,39,40). The molecule has 1 aliphatic heterocycles. The second-order valence-corrected chi connectivity index (χ2v) is 12.6. The van der Waals surface area contributed by atoms with Gasteiger partial charge < -0.3 is 25.6 Å². The van der Waals surface area contributed by atoms with Crippen LogP contribution in [0.2, 0.25) is 10.0 Å². The highest BCUT2D eigenvalue weighted by Crippen LogP contribution is 2.52. The lowest BCUT2D eigenvalue weighted by molar-refractivity contribution is -0.121. The van der Waals surface area contributed by atoms with Crippen molar-refractivity contribution in [1.29, 1.82) is 0 Å². The van der Waals surface area contributed by atoms with Crippen LogP contribution < -0.4 is 20.7 Å². The molecule has 9 nitrogen and oxygen atoms in total. The Morgan fingerprint density at radius 1 is 1.05 bits per heavy atom. The number of ether oxygens (including phenoxy) is 2. The Hall–Kier alpha value is -3.79. The number of halogens is 2. The summed E-state index contributed by atoms with van der Waals surface area (Å²) in [5.74, 6) is -1.34. The number of anilines is 2. The highest BCUT2D eigenvalue weighted by molar-refractivity contribution is 6.33. The SMILES string of the molecule is COc1c(C)c(C(=O)O)cc(CCCCCNC(=O)OC(C)(C)C)c1N1C(=O)C(N)(c2ccccc2Cl)c2cc(Cl)ccc21. The minimum Gasteiger partial charge on any atom is -0.494 e. The fourth-order valence-corrected chi connectivity index (χ4v) is 5.97. The van der Waals surface area contributed by atoms with Crippen molar-refractivity contribution in [2.45, 2.75) is 64.5 Å². The molecule has 4 N–H and O–H groups in total. The molecule has 11 heteroatoms. The predicted molar refractivity (Wildman–Crippen MR) is 171 cm³/mol. The van der Waals surface area contributed by atoms with E-state index in [0.717, 1.165) is 0 Å². The molecule has 0 radical (unpaired) electrons. The van der Waals surface area contributed by atoms with Crippen LogP contribution in [0.4, 0.5) is 16.2 Å². The Kier molecular flexibility index (Phi) is 9.83. The third-order valence-electron chi connectivity index (χ3n) is 7.50. The van der Waals surface area contributed by atoms with E-state index in [9.17, 15) is 19.5 Å². The van der Waals surface area contributed by atoms with Crippen LogP contribution in [0.1, 0.15) is 72.6 Å². The van der Waals surface area contributed by atoms with Crippen molar-refractivity contribution in [2.24, 2.45) is 5.73 Å². The second-order valence-electron chi connectivity index (χ2n) is 11.7. The lowest BCUT2D eigenvalue weighted by Crippen LogP contribution is -2.47. The summed E-state index contributed by atoms with van der Waals surface area (Å²) in [4.78, 5) is 40.3. The zero-order valence-electron chi connectivity index (χ0n) is 25.4. The van der Waals surface area contributed by atoms with Gasteiger partial charge in [0.1, 0.15) is 11.4 Å². The van der Waals surface area contributed by atoms with Crippen molar-refractivity contribution >= 4 is 52.5 Å². The summed E-state index contributed by atoms with van der Waals surface area (Å²) in [6.45, 7) is 7.46. The van der Waals surface area contributed by atoms with Gasteiger partial charge in [0.05, 0.1) is 24.0 Å². The van der Waals surface area contributed by atoms with Crippen LogP contribution in [0.25, 0.3) is 0 Å². The molecule has 1 unspecified atom stereocenters. The van der Waals surface area contributed by atoms with Gasteiger partial charge in [-0.3, -0.25) is 9.69 Å². The second kappa shape index (κ2) is 13.1. The van der Waals surface area contributed by atoms with Gasteiger partial charge in [-0.1, -0.05) is 47.8 Å². The van der Waals surface area contributed by atoms with Crippen molar-refractivity contribution in [3.63, 3.8) is 0 Å². The minimum atomic E-state index is -1.67. The van der Waals surface area contributed by atoms with Gasteiger partial charge in [0.25, 0.3) is 5.91 Å². The van der Waals surface area contributed by atoms with Crippen molar-refractivity contribution < 1.29 is 29.0 Å². The number of unbranched alkanes of at least 4 members (excludes halogenated alkanes) is 2. The van der Waals surface area contributed by atoms with E-state index in [1.807, 2.05) is 0 Å². The van der Waals surface area contributed by atoms with E-state index in [1.54, 1.807) is 76.2 Å². The van der Waals surface area contributed by atoms with Gasteiger partial charge in [-0.05, 0) is 82.9 Å². The Labute approximate surface area is 267 Å². The average molecular weight is 643 g/mol. The lowest BCUT2D eigenvalue weighted by atomic mass is 9.85. The molecule has 3 aromatic carbocycles. The quantitative estimate of drug-likeness (QED) is 0.201. The molecule has 0 bridgehead atoms. The van der Waals surface area contributed by atoms with E-state index in [2.05, 4.69) is 5.32 Å². The molecular weight excluding hydrogens is 605 g/mol. The number of fused-ring (bicyclic) bond motifs is 1. The molecule has 0 aromatic heterocycles. The normalized spacial score (nSPS) is 16.1. The average Bonchev–Trinajstić information content (AvgIpc) is 3.16. The molecule has 0 saturated heterocycles. The Balaban J connectivity index is 1.74. The molecular formula is C33H37Cl2N3O6. The highest BCUT2D eigenvalue weighted by Gasteiger charge is 2.52. The van der Waals surface area contributed by atoms with Crippen molar-refractivity contribution in [3.8, 4) is 5.75 Å². The largest absolute Gasteiger partial charge is 0.494 e. The number of alkyl carbamates (subject to hydrolysis) is 1. The monoisotopic (exact) mass is 641 g/mol. The molecule has 1 atom stereocenters. The van der Waals surface area contributed by atoms with Crippen LogP contribution in [-0.4, -0.2) is 42.3 Å². The molecule has 3 aromatic rings. The summed E-state index contributed by atoms with van der Waals surface area (Å²) >= 11 is 13.0. The van der Waals surface area contributed by atoms with Crippen molar-refractivity contribution in [2.75, 3.05) is 18.6 Å². The summed E-state index contributed by atoms with van der Waals surface area (Å²) in [5, 5.41) is 13.5. The fraction of sp³-hybridized carbons (Fsp3) is 0.364. The minimum absolute atomic E-state index is 0.0697. The number of carboxylic acids is 1. The molecule has 1 heterocycles.